The van der Waals surface area contributed by atoms with Gasteiger partial charge < -0.3 is 21.1 Å². The van der Waals surface area contributed by atoms with Gasteiger partial charge >= 0.3 is 0 Å². The summed E-state index contributed by atoms with van der Waals surface area (Å²) in [6.07, 6.45) is 3.87. The van der Waals surface area contributed by atoms with Crippen molar-refractivity contribution in [1.82, 2.24) is 0 Å². The summed E-state index contributed by atoms with van der Waals surface area (Å²) in [5.74, 6) is -5.14. The van der Waals surface area contributed by atoms with E-state index in [2.05, 4.69) is 57.7 Å². The standard InChI is InChI=1S/C36H41NO6/c1-6-19(4)22-12-10-21(11-13-22)8-7-9-23-15-26(18(2)3)27-16-24-14-25-17-28(38)31(35(37)42)34(41)36(25,43)33(40)30(24)32(39)29(27)20(23)5/h10-13,15,18,24-25,39,41,43H,4,6-9,14,16-17H2,1-3,5H3,(H2,37,42)/t24-,25+,36+/m1/s1. The summed E-state index contributed by atoms with van der Waals surface area (Å²) in [7, 11) is 0. The Morgan fingerprint density at radius 2 is 1.79 bits per heavy atom. The molecule has 2 aromatic rings. The van der Waals surface area contributed by atoms with E-state index >= 15 is 0 Å². The second-order valence-electron chi connectivity index (χ2n) is 12.7. The van der Waals surface area contributed by atoms with Gasteiger partial charge in [-0.2, -0.15) is 0 Å². The quantitative estimate of drug-likeness (QED) is 0.292. The van der Waals surface area contributed by atoms with Gasteiger partial charge in [0.25, 0.3) is 5.91 Å². The molecule has 0 bridgehead atoms. The van der Waals surface area contributed by atoms with Gasteiger partial charge in [0.05, 0.1) is 0 Å². The van der Waals surface area contributed by atoms with Gasteiger partial charge in [-0.05, 0) is 96.2 Å². The minimum atomic E-state index is -2.49. The van der Waals surface area contributed by atoms with Crippen LogP contribution in [0.5, 0.6) is 0 Å². The second kappa shape index (κ2) is 11.3. The van der Waals surface area contributed by atoms with E-state index < -0.39 is 46.2 Å². The highest BCUT2D eigenvalue weighted by atomic mass is 16.3. The molecule has 0 unspecified atom stereocenters. The number of carbonyl (C=O) groups excluding carboxylic acids is 3. The molecule has 5 N–H and O–H groups in total. The first-order valence-corrected chi connectivity index (χ1v) is 15.2. The molecule has 1 fully saturated rings. The molecule has 0 saturated heterocycles. The van der Waals surface area contributed by atoms with Crippen LogP contribution in [0.15, 0.2) is 53.8 Å². The van der Waals surface area contributed by atoms with E-state index in [1.165, 1.54) is 5.56 Å². The number of primary amides is 1. The summed E-state index contributed by atoms with van der Waals surface area (Å²) in [6.45, 7) is 12.4. The van der Waals surface area contributed by atoms with Gasteiger partial charge in [0.2, 0.25) is 5.78 Å². The highest BCUT2D eigenvalue weighted by Gasteiger charge is 2.60. The van der Waals surface area contributed by atoms with Crippen LogP contribution in [0.3, 0.4) is 0 Å². The fourth-order valence-electron chi connectivity index (χ4n) is 7.33. The fourth-order valence-corrected chi connectivity index (χ4v) is 7.33. The highest BCUT2D eigenvalue weighted by molar-refractivity contribution is 6.22. The summed E-state index contributed by atoms with van der Waals surface area (Å²) in [6, 6.07) is 10.7. The molecular weight excluding hydrogens is 542 g/mol. The van der Waals surface area contributed by atoms with Gasteiger partial charge in [0, 0.05) is 23.5 Å². The van der Waals surface area contributed by atoms with Crippen LogP contribution in [-0.2, 0) is 33.6 Å². The van der Waals surface area contributed by atoms with Crippen LogP contribution in [0.25, 0.3) is 11.3 Å². The smallest absolute Gasteiger partial charge is 0.255 e. The number of hydrogen-bond donors (Lipinski definition) is 4. The first kappa shape index (κ1) is 30.5. The molecule has 3 aliphatic carbocycles. The van der Waals surface area contributed by atoms with Crippen LogP contribution in [-0.4, -0.2) is 38.4 Å². The number of hydrogen-bond acceptors (Lipinski definition) is 6. The Kier molecular flexibility index (Phi) is 7.99. The number of Topliss-reactive ketones (excluding diaryl/α,β-unsaturated/α-hetero) is 2. The lowest BCUT2D eigenvalue weighted by Gasteiger charge is -2.46. The number of fused-ring (bicyclic) bond motifs is 3. The number of ketones is 2. The first-order chi connectivity index (χ1) is 20.3. The van der Waals surface area contributed by atoms with E-state index in [1.54, 1.807) is 0 Å². The van der Waals surface area contributed by atoms with Crippen molar-refractivity contribution in [1.29, 1.82) is 0 Å². The van der Waals surface area contributed by atoms with Gasteiger partial charge in [-0.15, -0.1) is 0 Å². The first-order valence-electron chi connectivity index (χ1n) is 15.2. The van der Waals surface area contributed by atoms with Crippen LogP contribution in [0.4, 0.5) is 0 Å². The topological polar surface area (TPSA) is 138 Å². The summed E-state index contributed by atoms with van der Waals surface area (Å²) in [5.41, 5.74) is 10.3. The summed E-state index contributed by atoms with van der Waals surface area (Å²) in [4.78, 5) is 38.5. The second-order valence-corrected chi connectivity index (χ2v) is 12.7. The summed E-state index contributed by atoms with van der Waals surface area (Å²) in [5, 5.41) is 34.1. The van der Waals surface area contributed by atoms with Crippen molar-refractivity contribution >= 4 is 28.8 Å². The number of benzene rings is 2. The molecule has 0 aromatic heterocycles. The molecule has 1 amide bonds. The lowest BCUT2D eigenvalue weighted by atomic mass is 9.58. The summed E-state index contributed by atoms with van der Waals surface area (Å²) >= 11 is 0. The van der Waals surface area contributed by atoms with Gasteiger partial charge in [-0.3, -0.25) is 14.4 Å². The van der Waals surface area contributed by atoms with E-state index in [1.807, 2.05) is 6.92 Å². The third kappa shape index (κ3) is 4.93. The van der Waals surface area contributed by atoms with Crippen LogP contribution in [0.1, 0.15) is 91.3 Å². The Morgan fingerprint density at radius 3 is 2.40 bits per heavy atom. The average molecular weight is 584 g/mol. The van der Waals surface area contributed by atoms with Gasteiger partial charge in [0.15, 0.2) is 11.4 Å². The SMILES string of the molecule is C=C(CC)c1ccc(CCCc2cc(C(C)C)c3c(c2C)C(O)=C2C(=O)[C@]4(O)C(O)=C(C(N)=O)C(=O)C[C@@H]4C[C@@H]2C3)cc1. The molecule has 0 radical (unpaired) electrons. The van der Waals surface area contributed by atoms with Crippen molar-refractivity contribution in [3.8, 4) is 0 Å². The van der Waals surface area contributed by atoms with Gasteiger partial charge in [-0.25, -0.2) is 0 Å². The number of carbonyl (C=O) groups is 3. The maximum atomic E-state index is 13.9. The molecular formula is C36H41NO6. The van der Waals surface area contributed by atoms with E-state index in [0.29, 0.717) is 12.0 Å². The molecule has 1 saturated carbocycles. The molecule has 7 nitrogen and oxygen atoms in total. The number of aliphatic hydroxyl groups excluding tert-OH is 2. The van der Waals surface area contributed by atoms with E-state index in [0.717, 1.165) is 59.1 Å². The lowest BCUT2D eigenvalue weighted by Crippen LogP contribution is -2.58. The zero-order valence-corrected chi connectivity index (χ0v) is 25.4. The van der Waals surface area contributed by atoms with Gasteiger partial charge in [0.1, 0.15) is 17.1 Å². The molecule has 43 heavy (non-hydrogen) atoms. The molecule has 226 valence electrons. The maximum Gasteiger partial charge on any atom is 0.255 e. The zero-order valence-electron chi connectivity index (χ0n) is 25.4. The molecule has 0 spiro atoms. The zero-order chi connectivity index (χ0) is 31.4. The molecule has 2 aromatic carbocycles. The Balaban J connectivity index is 1.51. The Labute approximate surface area is 252 Å². The molecule has 0 aliphatic heterocycles. The number of allylic oxidation sites excluding steroid dienone is 1. The third-order valence-electron chi connectivity index (χ3n) is 9.82. The molecule has 7 heteroatoms. The van der Waals surface area contributed by atoms with Gasteiger partial charge in [-0.1, -0.05) is 57.7 Å². The Bertz CT molecular complexity index is 1610. The van der Waals surface area contributed by atoms with Crippen molar-refractivity contribution in [2.24, 2.45) is 17.6 Å². The number of aryl methyl sites for hydroxylation is 2. The predicted molar refractivity (Wildman–Crippen MR) is 166 cm³/mol. The number of rotatable bonds is 8. The summed E-state index contributed by atoms with van der Waals surface area (Å²) < 4.78 is 0. The number of aliphatic hydroxyl groups is 3. The number of amides is 1. The van der Waals surface area contributed by atoms with Crippen molar-refractivity contribution < 1.29 is 29.7 Å². The van der Waals surface area contributed by atoms with Crippen LogP contribution in [0, 0.1) is 18.8 Å². The average Bonchev–Trinajstić information content (AvgIpc) is 2.95. The molecule has 3 atom stereocenters. The van der Waals surface area contributed by atoms with E-state index in [-0.39, 0.29) is 30.1 Å². The van der Waals surface area contributed by atoms with Crippen molar-refractivity contribution in [3.05, 3.63) is 92.8 Å². The number of nitrogens with two attached hydrogens (primary N) is 1. The molecule has 3 aliphatic rings. The minimum absolute atomic E-state index is 0.0414. The maximum absolute atomic E-state index is 13.9. The molecule has 5 rings (SSSR count). The highest BCUT2D eigenvalue weighted by Crippen LogP contribution is 2.52. The normalized spacial score (nSPS) is 23.3. The Hall–Kier alpha value is -3.97. The fraction of sp³-hybridized carbons (Fsp3) is 0.417. The van der Waals surface area contributed by atoms with Crippen molar-refractivity contribution in [2.75, 3.05) is 0 Å². The largest absolute Gasteiger partial charge is 0.508 e. The van der Waals surface area contributed by atoms with Crippen molar-refractivity contribution in [3.63, 3.8) is 0 Å². The minimum Gasteiger partial charge on any atom is -0.508 e. The predicted octanol–water partition coefficient (Wildman–Crippen LogP) is 5.75. The van der Waals surface area contributed by atoms with E-state index in [4.69, 9.17) is 5.73 Å². The van der Waals surface area contributed by atoms with E-state index in [9.17, 15) is 29.7 Å². The monoisotopic (exact) mass is 583 g/mol. The Morgan fingerprint density at radius 1 is 1.12 bits per heavy atom. The molecule has 0 heterocycles. The van der Waals surface area contributed by atoms with Crippen LogP contribution >= 0.6 is 0 Å². The third-order valence-corrected chi connectivity index (χ3v) is 9.82. The lowest BCUT2D eigenvalue weighted by molar-refractivity contribution is -0.147. The van der Waals surface area contributed by atoms with Crippen LogP contribution < -0.4 is 5.73 Å². The van der Waals surface area contributed by atoms with Crippen molar-refractivity contribution in [2.45, 2.75) is 84.2 Å². The van der Waals surface area contributed by atoms with Crippen LogP contribution in [0.2, 0.25) is 0 Å².